The van der Waals surface area contributed by atoms with Crippen molar-refractivity contribution in [1.29, 1.82) is 0 Å². The molecule has 0 amide bonds. The van der Waals surface area contributed by atoms with E-state index in [1.165, 1.54) is 18.4 Å². The first kappa shape index (κ1) is 7.31. The summed E-state index contributed by atoms with van der Waals surface area (Å²) in [6, 6.07) is 0. The van der Waals surface area contributed by atoms with E-state index in [9.17, 15) is 0 Å². The maximum absolute atomic E-state index is 9.14. The zero-order valence-electron chi connectivity index (χ0n) is 5.47. The summed E-state index contributed by atoms with van der Waals surface area (Å²) in [5, 5.41) is 18.2. The molecule has 0 saturated carbocycles. The largest absolute Gasteiger partial charge is 0.491 e. The van der Waals surface area contributed by atoms with Gasteiger partial charge in [0.1, 0.15) is 18.3 Å². The van der Waals surface area contributed by atoms with Gasteiger partial charge in [-0.05, 0) is 12.2 Å². The van der Waals surface area contributed by atoms with Gasteiger partial charge in [0.2, 0.25) is 0 Å². The van der Waals surface area contributed by atoms with Gasteiger partial charge in [0.05, 0.1) is 6.26 Å². The molecule has 10 heavy (non-hydrogen) atoms. The van der Waals surface area contributed by atoms with Crippen LogP contribution in [0.2, 0.25) is 0 Å². The standard InChI is InChI=1S/C7H10O3/c1-2-6-7(9)5(8)3-4-10-6/h2-9H,1H2/t5-,6-,7+/m1/s1. The van der Waals surface area contributed by atoms with Crippen molar-refractivity contribution in [2.24, 2.45) is 0 Å². The summed E-state index contributed by atoms with van der Waals surface area (Å²) < 4.78 is 4.90. The van der Waals surface area contributed by atoms with Crippen LogP contribution in [0.25, 0.3) is 0 Å². The monoisotopic (exact) mass is 142 g/mol. The van der Waals surface area contributed by atoms with E-state index >= 15 is 0 Å². The van der Waals surface area contributed by atoms with Gasteiger partial charge in [-0.25, -0.2) is 0 Å². The minimum Gasteiger partial charge on any atom is -0.491 e. The number of aliphatic hydroxyl groups excluding tert-OH is 2. The zero-order valence-corrected chi connectivity index (χ0v) is 5.47. The highest BCUT2D eigenvalue weighted by molar-refractivity contribution is 5.02. The Hall–Kier alpha value is -0.800. The van der Waals surface area contributed by atoms with Crippen molar-refractivity contribution in [3.8, 4) is 0 Å². The first-order valence-electron chi connectivity index (χ1n) is 3.06. The fourth-order valence-electron chi connectivity index (χ4n) is 0.800. The first-order valence-corrected chi connectivity index (χ1v) is 3.06. The van der Waals surface area contributed by atoms with E-state index in [1.54, 1.807) is 0 Å². The van der Waals surface area contributed by atoms with Crippen LogP contribution in [0.5, 0.6) is 0 Å². The summed E-state index contributed by atoms with van der Waals surface area (Å²) in [6.45, 7) is 3.44. The molecule has 3 nitrogen and oxygen atoms in total. The third-order valence-corrected chi connectivity index (χ3v) is 1.43. The third-order valence-electron chi connectivity index (χ3n) is 1.43. The Morgan fingerprint density at radius 2 is 2.20 bits per heavy atom. The predicted molar refractivity (Wildman–Crippen MR) is 36.2 cm³/mol. The highest BCUT2D eigenvalue weighted by Crippen LogP contribution is 2.12. The van der Waals surface area contributed by atoms with E-state index in [0.29, 0.717) is 0 Å². The molecule has 56 valence electrons. The van der Waals surface area contributed by atoms with Crippen molar-refractivity contribution < 1.29 is 14.9 Å². The van der Waals surface area contributed by atoms with E-state index in [1.807, 2.05) is 0 Å². The molecular weight excluding hydrogens is 132 g/mol. The summed E-state index contributed by atoms with van der Waals surface area (Å²) in [4.78, 5) is 0. The molecule has 0 bridgehead atoms. The summed E-state index contributed by atoms with van der Waals surface area (Å²) in [6.07, 6.45) is 2.01. The molecule has 0 spiro atoms. The van der Waals surface area contributed by atoms with Gasteiger partial charge in [-0.1, -0.05) is 6.58 Å². The van der Waals surface area contributed by atoms with Crippen LogP contribution in [-0.4, -0.2) is 28.5 Å². The van der Waals surface area contributed by atoms with Crippen LogP contribution in [0.15, 0.2) is 25.0 Å². The Bertz CT molecular complexity index is 153. The molecule has 1 heterocycles. The van der Waals surface area contributed by atoms with Gasteiger partial charge < -0.3 is 14.9 Å². The van der Waals surface area contributed by atoms with Gasteiger partial charge in [-0.15, -0.1) is 0 Å². The summed E-state index contributed by atoms with van der Waals surface area (Å²) in [7, 11) is 0. The second-order valence-corrected chi connectivity index (χ2v) is 2.15. The van der Waals surface area contributed by atoms with Gasteiger partial charge >= 0.3 is 0 Å². The quantitative estimate of drug-likeness (QED) is 0.499. The van der Waals surface area contributed by atoms with Crippen molar-refractivity contribution in [2.75, 3.05) is 0 Å². The topological polar surface area (TPSA) is 49.7 Å². The lowest BCUT2D eigenvalue weighted by atomic mass is 10.1. The second kappa shape index (κ2) is 2.86. The van der Waals surface area contributed by atoms with Crippen LogP contribution in [0.3, 0.4) is 0 Å². The second-order valence-electron chi connectivity index (χ2n) is 2.15. The molecule has 0 aromatic heterocycles. The normalized spacial score (nSPS) is 38.8. The molecule has 0 aromatic rings. The molecule has 0 fully saturated rings. The molecule has 0 unspecified atom stereocenters. The molecule has 1 aliphatic heterocycles. The molecule has 3 atom stereocenters. The Kier molecular flexibility index (Phi) is 2.09. The SMILES string of the molecule is C=C[C@H]1OC=C[C@@H](O)[C@@H]1O. The van der Waals surface area contributed by atoms with E-state index < -0.39 is 18.3 Å². The maximum Gasteiger partial charge on any atom is 0.144 e. The minimum atomic E-state index is -0.887. The van der Waals surface area contributed by atoms with Crippen molar-refractivity contribution in [3.05, 3.63) is 25.0 Å². The van der Waals surface area contributed by atoms with Crippen LogP contribution in [0, 0.1) is 0 Å². The first-order chi connectivity index (χ1) is 4.75. The molecule has 2 N–H and O–H groups in total. The van der Waals surface area contributed by atoms with Gasteiger partial charge in [0.25, 0.3) is 0 Å². The van der Waals surface area contributed by atoms with Crippen LogP contribution < -0.4 is 0 Å². The summed E-state index contributed by atoms with van der Waals surface area (Å²) in [5.74, 6) is 0. The van der Waals surface area contributed by atoms with Crippen LogP contribution >= 0.6 is 0 Å². The maximum atomic E-state index is 9.14. The number of ether oxygens (including phenoxy) is 1. The Morgan fingerprint density at radius 3 is 2.70 bits per heavy atom. The Labute approximate surface area is 59.2 Å². The average Bonchev–Trinajstić information content (AvgIpc) is 1.95. The number of rotatable bonds is 1. The number of hydrogen-bond donors (Lipinski definition) is 2. The van der Waals surface area contributed by atoms with E-state index in [4.69, 9.17) is 14.9 Å². The van der Waals surface area contributed by atoms with Gasteiger partial charge in [0, 0.05) is 0 Å². The van der Waals surface area contributed by atoms with E-state index in [2.05, 4.69) is 6.58 Å². The van der Waals surface area contributed by atoms with Crippen molar-refractivity contribution in [3.63, 3.8) is 0 Å². The smallest absolute Gasteiger partial charge is 0.144 e. The lowest BCUT2D eigenvalue weighted by Gasteiger charge is -2.25. The lowest BCUT2D eigenvalue weighted by molar-refractivity contribution is -0.0423. The predicted octanol–water partition coefficient (Wildman–Crippen LogP) is -0.193. The van der Waals surface area contributed by atoms with E-state index in [-0.39, 0.29) is 0 Å². The molecule has 0 saturated heterocycles. The van der Waals surface area contributed by atoms with Gasteiger partial charge in [0.15, 0.2) is 0 Å². The third kappa shape index (κ3) is 1.20. The molecule has 0 aliphatic carbocycles. The Morgan fingerprint density at radius 1 is 1.50 bits per heavy atom. The highest BCUT2D eigenvalue weighted by Gasteiger charge is 2.25. The van der Waals surface area contributed by atoms with Crippen LogP contribution in [-0.2, 0) is 4.74 Å². The van der Waals surface area contributed by atoms with Crippen LogP contribution in [0.4, 0.5) is 0 Å². The summed E-state index contributed by atoms with van der Waals surface area (Å²) >= 11 is 0. The molecule has 3 heteroatoms. The molecule has 0 aromatic carbocycles. The van der Waals surface area contributed by atoms with Gasteiger partial charge in [-0.3, -0.25) is 0 Å². The number of hydrogen-bond acceptors (Lipinski definition) is 3. The van der Waals surface area contributed by atoms with Crippen molar-refractivity contribution >= 4 is 0 Å². The number of aliphatic hydroxyl groups is 2. The molecule has 1 aliphatic rings. The molecule has 0 radical (unpaired) electrons. The lowest BCUT2D eigenvalue weighted by Crippen LogP contribution is -2.38. The summed E-state index contributed by atoms with van der Waals surface area (Å²) in [5.41, 5.74) is 0. The Balaban J connectivity index is 2.64. The van der Waals surface area contributed by atoms with Gasteiger partial charge in [-0.2, -0.15) is 0 Å². The highest BCUT2D eigenvalue weighted by atomic mass is 16.5. The average molecular weight is 142 g/mol. The van der Waals surface area contributed by atoms with Crippen molar-refractivity contribution in [1.82, 2.24) is 0 Å². The fraction of sp³-hybridized carbons (Fsp3) is 0.429. The van der Waals surface area contributed by atoms with E-state index in [0.717, 1.165) is 0 Å². The molecular formula is C7H10O3. The molecule has 1 rings (SSSR count). The minimum absolute atomic E-state index is 0.486. The van der Waals surface area contributed by atoms with Crippen LogP contribution in [0.1, 0.15) is 0 Å². The fourth-order valence-corrected chi connectivity index (χ4v) is 0.800. The zero-order chi connectivity index (χ0) is 7.56. The van der Waals surface area contributed by atoms with Crippen molar-refractivity contribution in [2.45, 2.75) is 18.3 Å².